The molecule has 0 aliphatic carbocycles. The van der Waals surface area contributed by atoms with Crippen LogP contribution in [0.5, 0.6) is 0 Å². The smallest absolute Gasteiger partial charge is 0.117 e. The highest BCUT2D eigenvalue weighted by Gasteiger charge is 2.21. The Morgan fingerprint density at radius 2 is 2.09 bits per heavy atom. The number of nitrogens with zero attached hydrogens (tertiary/aromatic N) is 2. The van der Waals surface area contributed by atoms with Crippen LogP contribution >= 0.6 is 0 Å². The van der Waals surface area contributed by atoms with E-state index in [2.05, 4.69) is 4.99 Å². The van der Waals surface area contributed by atoms with E-state index >= 15 is 0 Å². The molecule has 4 heteroatoms. The van der Waals surface area contributed by atoms with E-state index in [1.165, 1.54) is 0 Å². The molecule has 0 bridgehead atoms. The molecule has 0 aromatic heterocycles. The maximum atomic E-state index is 5.72. The van der Waals surface area contributed by atoms with Crippen molar-refractivity contribution in [1.82, 2.24) is 4.90 Å². The average molecular weight is 156 g/mol. The zero-order chi connectivity index (χ0) is 8.43. The molecule has 1 heterocycles. The van der Waals surface area contributed by atoms with E-state index in [0.29, 0.717) is 0 Å². The van der Waals surface area contributed by atoms with Gasteiger partial charge in [0.15, 0.2) is 0 Å². The van der Waals surface area contributed by atoms with Crippen molar-refractivity contribution < 1.29 is 0 Å². The van der Waals surface area contributed by atoms with E-state index in [1.54, 1.807) is 0 Å². The maximum absolute atomic E-state index is 5.72. The van der Waals surface area contributed by atoms with Gasteiger partial charge in [-0.15, -0.1) is 0 Å². The zero-order valence-electron chi connectivity index (χ0n) is 7.12. The summed E-state index contributed by atoms with van der Waals surface area (Å²) in [5, 5.41) is 0. The third kappa shape index (κ3) is 1.70. The fraction of sp³-hybridized carbons (Fsp3) is 0.857. The van der Waals surface area contributed by atoms with E-state index in [1.807, 2.05) is 18.7 Å². The van der Waals surface area contributed by atoms with Crippen molar-refractivity contribution in [2.24, 2.45) is 16.5 Å². The third-order valence-electron chi connectivity index (χ3n) is 1.81. The third-order valence-corrected chi connectivity index (χ3v) is 1.81. The minimum atomic E-state index is 0.00324. The van der Waals surface area contributed by atoms with Crippen molar-refractivity contribution in [3.05, 3.63) is 0 Å². The van der Waals surface area contributed by atoms with Crippen LogP contribution in [-0.4, -0.2) is 36.0 Å². The van der Waals surface area contributed by atoms with Gasteiger partial charge >= 0.3 is 0 Å². The molecule has 2 atom stereocenters. The molecule has 0 aromatic rings. The lowest BCUT2D eigenvalue weighted by Crippen LogP contribution is -2.47. The summed E-state index contributed by atoms with van der Waals surface area (Å²) in [7, 11) is 0. The van der Waals surface area contributed by atoms with Gasteiger partial charge in [0.25, 0.3) is 0 Å². The molecule has 0 radical (unpaired) electrons. The lowest BCUT2D eigenvalue weighted by molar-refractivity contribution is 0.357. The minimum absolute atomic E-state index is 0.00324. The Kier molecular flexibility index (Phi) is 2.46. The monoisotopic (exact) mass is 156 g/mol. The van der Waals surface area contributed by atoms with Crippen LogP contribution in [0.25, 0.3) is 0 Å². The van der Waals surface area contributed by atoms with Crippen LogP contribution < -0.4 is 11.5 Å². The number of rotatable bonds is 2. The van der Waals surface area contributed by atoms with Gasteiger partial charge in [-0.1, -0.05) is 0 Å². The fourth-order valence-corrected chi connectivity index (χ4v) is 1.30. The van der Waals surface area contributed by atoms with Gasteiger partial charge in [-0.2, -0.15) is 0 Å². The van der Waals surface area contributed by atoms with Crippen LogP contribution in [0.2, 0.25) is 0 Å². The highest BCUT2D eigenvalue weighted by molar-refractivity contribution is 5.88. The second-order valence-electron chi connectivity index (χ2n) is 2.96. The summed E-state index contributed by atoms with van der Waals surface area (Å²) in [6.07, 6.45) is 0.0299. The molecule has 0 fully saturated rings. The van der Waals surface area contributed by atoms with E-state index in [0.717, 1.165) is 18.9 Å². The van der Waals surface area contributed by atoms with Crippen molar-refractivity contribution in [2.75, 3.05) is 13.1 Å². The van der Waals surface area contributed by atoms with Crippen LogP contribution in [0.1, 0.15) is 13.8 Å². The summed E-state index contributed by atoms with van der Waals surface area (Å²) in [6.45, 7) is 5.62. The maximum Gasteiger partial charge on any atom is 0.117 e. The van der Waals surface area contributed by atoms with Crippen molar-refractivity contribution in [2.45, 2.75) is 26.1 Å². The van der Waals surface area contributed by atoms with Gasteiger partial charge in [0.1, 0.15) is 5.84 Å². The number of hydrogen-bond donors (Lipinski definition) is 2. The van der Waals surface area contributed by atoms with Crippen LogP contribution in [-0.2, 0) is 0 Å². The first-order valence-corrected chi connectivity index (χ1v) is 3.95. The molecule has 0 amide bonds. The molecule has 64 valence electrons. The summed E-state index contributed by atoms with van der Waals surface area (Å²) in [5.41, 5.74) is 11.4. The minimum Gasteiger partial charge on any atom is -0.342 e. The van der Waals surface area contributed by atoms with Crippen molar-refractivity contribution in [3.8, 4) is 0 Å². The first kappa shape index (κ1) is 8.49. The molecule has 1 aliphatic rings. The van der Waals surface area contributed by atoms with Crippen molar-refractivity contribution in [1.29, 1.82) is 0 Å². The van der Waals surface area contributed by atoms with E-state index in [9.17, 15) is 0 Å². The zero-order valence-corrected chi connectivity index (χ0v) is 7.12. The van der Waals surface area contributed by atoms with E-state index in [4.69, 9.17) is 11.5 Å². The Morgan fingerprint density at radius 3 is 2.45 bits per heavy atom. The molecule has 0 aromatic carbocycles. The quantitative estimate of drug-likeness (QED) is 0.558. The van der Waals surface area contributed by atoms with Crippen LogP contribution in [0.3, 0.4) is 0 Å². The molecule has 4 nitrogen and oxygen atoms in total. The fourth-order valence-electron chi connectivity index (χ4n) is 1.30. The highest BCUT2D eigenvalue weighted by atomic mass is 15.3. The van der Waals surface area contributed by atoms with Gasteiger partial charge in [-0.25, -0.2) is 0 Å². The molecule has 1 aliphatic heterocycles. The van der Waals surface area contributed by atoms with Crippen molar-refractivity contribution >= 4 is 5.84 Å². The molecular weight excluding hydrogens is 140 g/mol. The van der Waals surface area contributed by atoms with Gasteiger partial charge in [-0.05, 0) is 13.8 Å². The lowest BCUT2D eigenvalue weighted by Gasteiger charge is -2.26. The van der Waals surface area contributed by atoms with E-state index in [-0.39, 0.29) is 12.2 Å². The van der Waals surface area contributed by atoms with Crippen LogP contribution in [0.15, 0.2) is 4.99 Å². The van der Waals surface area contributed by atoms with Crippen molar-refractivity contribution in [3.63, 3.8) is 0 Å². The molecule has 0 spiro atoms. The Labute approximate surface area is 67.3 Å². The van der Waals surface area contributed by atoms with Gasteiger partial charge in [0.2, 0.25) is 0 Å². The first-order chi connectivity index (χ1) is 5.13. The highest BCUT2D eigenvalue weighted by Crippen LogP contribution is 2.05. The Morgan fingerprint density at radius 1 is 1.45 bits per heavy atom. The molecular formula is C7H16N4. The predicted octanol–water partition coefficient (Wildman–Crippen LogP) is -0.648. The molecule has 0 saturated carbocycles. The molecule has 4 N–H and O–H groups in total. The second-order valence-corrected chi connectivity index (χ2v) is 2.96. The summed E-state index contributed by atoms with van der Waals surface area (Å²) in [5.74, 6) is 0.944. The van der Waals surface area contributed by atoms with Crippen LogP contribution in [0.4, 0.5) is 0 Å². The summed E-state index contributed by atoms with van der Waals surface area (Å²) >= 11 is 0. The Bertz CT molecular complexity index is 162. The summed E-state index contributed by atoms with van der Waals surface area (Å²) in [6, 6.07) is 0.00324. The molecule has 0 saturated heterocycles. The standard InChI is InChI=1S/C7H16N4/c1-5(8)7-10-3-4-11(7)6(2)9/h5-6H,3-4,8-9H2,1-2H3. The van der Waals surface area contributed by atoms with E-state index < -0.39 is 0 Å². The van der Waals surface area contributed by atoms with Gasteiger partial charge in [0, 0.05) is 6.54 Å². The Balaban J connectivity index is 2.63. The Hall–Kier alpha value is -0.610. The molecule has 11 heavy (non-hydrogen) atoms. The average Bonchev–Trinajstić information content (AvgIpc) is 2.32. The number of nitrogens with two attached hydrogens (primary N) is 2. The van der Waals surface area contributed by atoms with Gasteiger partial charge in [0.05, 0.1) is 18.8 Å². The normalized spacial score (nSPS) is 23.3. The van der Waals surface area contributed by atoms with Gasteiger partial charge < -0.3 is 16.4 Å². The molecule has 1 rings (SSSR count). The summed E-state index contributed by atoms with van der Waals surface area (Å²) < 4.78 is 0. The summed E-state index contributed by atoms with van der Waals surface area (Å²) in [4.78, 5) is 6.32. The first-order valence-electron chi connectivity index (χ1n) is 3.95. The van der Waals surface area contributed by atoms with Gasteiger partial charge in [-0.3, -0.25) is 4.99 Å². The lowest BCUT2D eigenvalue weighted by atomic mass is 10.3. The topological polar surface area (TPSA) is 67.6 Å². The second kappa shape index (κ2) is 3.19. The number of hydrogen-bond acceptors (Lipinski definition) is 4. The molecule has 2 unspecified atom stereocenters. The SMILES string of the molecule is CC(N)C1=NCCN1C(C)N. The largest absolute Gasteiger partial charge is 0.342 e. The number of amidine groups is 1. The van der Waals surface area contributed by atoms with Crippen LogP contribution in [0, 0.1) is 0 Å². The number of aliphatic imine (C=N–C) groups is 1. The predicted molar refractivity (Wildman–Crippen MR) is 46.3 cm³/mol.